The van der Waals surface area contributed by atoms with Gasteiger partial charge in [0.1, 0.15) is 6.04 Å². The van der Waals surface area contributed by atoms with E-state index in [-0.39, 0.29) is 35.4 Å². The van der Waals surface area contributed by atoms with Crippen LogP contribution in [0.5, 0.6) is 0 Å². The lowest BCUT2D eigenvalue weighted by atomic mass is 9.53. The Bertz CT molecular complexity index is 1280. The quantitative estimate of drug-likeness (QED) is 0.627. The molecule has 4 amide bonds. The largest absolute Gasteiger partial charge is 0.380 e. The third-order valence-electron chi connectivity index (χ3n) is 9.08. The summed E-state index contributed by atoms with van der Waals surface area (Å²) in [6.07, 6.45) is 12.1. The van der Waals surface area contributed by atoms with Crippen molar-refractivity contribution in [3.05, 3.63) is 47.3 Å². The van der Waals surface area contributed by atoms with Gasteiger partial charge in [-0.15, -0.1) is 0 Å². The number of nitrogens with one attached hydrogen (secondary N) is 2. The summed E-state index contributed by atoms with van der Waals surface area (Å²) in [5.41, 5.74) is 2.30. The van der Waals surface area contributed by atoms with Crippen molar-refractivity contribution in [2.75, 3.05) is 5.32 Å². The maximum absolute atomic E-state index is 13.3. The molecule has 3 heterocycles. The minimum absolute atomic E-state index is 0.0998. The lowest BCUT2D eigenvalue weighted by Gasteiger charge is -2.56. The molecule has 1 saturated heterocycles. The second-order valence-corrected chi connectivity index (χ2v) is 11.5. The molecule has 4 bridgehead atoms. The van der Waals surface area contributed by atoms with Gasteiger partial charge in [-0.1, -0.05) is 6.07 Å². The molecule has 4 saturated carbocycles. The second kappa shape index (κ2) is 7.75. The smallest absolute Gasteiger partial charge is 0.264 e. The number of rotatable bonds is 5. The SMILES string of the molecule is O=C1CCC(N2C(=O)c3cccc(NCc4cnn(C56CC7CC(CC(C7)C5)C6)c4)c3C2=O)C(=O)N1. The van der Waals surface area contributed by atoms with Gasteiger partial charge in [0.2, 0.25) is 11.8 Å². The zero-order valence-electron chi connectivity index (χ0n) is 20.0. The van der Waals surface area contributed by atoms with E-state index < -0.39 is 23.8 Å². The summed E-state index contributed by atoms with van der Waals surface area (Å²) in [6, 6.07) is 4.15. The Morgan fingerprint density at radius 2 is 1.72 bits per heavy atom. The maximum Gasteiger partial charge on any atom is 0.264 e. The van der Waals surface area contributed by atoms with Crippen LogP contribution in [0.4, 0.5) is 5.69 Å². The van der Waals surface area contributed by atoms with Gasteiger partial charge >= 0.3 is 0 Å². The third kappa shape index (κ3) is 3.24. The summed E-state index contributed by atoms with van der Waals surface area (Å²) in [6.45, 7) is 0.475. The molecule has 6 aliphatic rings. The first-order valence-electron chi connectivity index (χ1n) is 13.0. The molecule has 2 aromatic rings. The summed E-state index contributed by atoms with van der Waals surface area (Å²) < 4.78 is 2.21. The molecule has 1 atom stereocenters. The molecule has 1 aromatic carbocycles. The number of nitrogens with zero attached hydrogens (tertiary/aromatic N) is 3. The lowest BCUT2D eigenvalue weighted by molar-refractivity contribution is -0.136. The van der Waals surface area contributed by atoms with Gasteiger partial charge in [0.05, 0.1) is 22.9 Å². The van der Waals surface area contributed by atoms with Crippen LogP contribution in [0.15, 0.2) is 30.6 Å². The molecule has 0 spiro atoms. The van der Waals surface area contributed by atoms with Crippen LogP contribution in [-0.4, -0.2) is 44.4 Å². The third-order valence-corrected chi connectivity index (χ3v) is 9.08. The molecule has 2 aliphatic heterocycles. The molecular formula is C27H29N5O4. The number of benzene rings is 1. The first-order chi connectivity index (χ1) is 17.4. The normalized spacial score (nSPS) is 32.7. The van der Waals surface area contributed by atoms with Crippen LogP contribution >= 0.6 is 0 Å². The Hall–Kier alpha value is -3.49. The average molecular weight is 488 g/mol. The molecule has 9 nitrogen and oxygen atoms in total. The van der Waals surface area contributed by atoms with Crippen LogP contribution < -0.4 is 10.6 Å². The van der Waals surface area contributed by atoms with E-state index in [1.807, 2.05) is 6.20 Å². The summed E-state index contributed by atoms with van der Waals surface area (Å²) >= 11 is 0. The molecule has 2 N–H and O–H groups in total. The topological polar surface area (TPSA) is 113 Å². The number of aromatic nitrogens is 2. The van der Waals surface area contributed by atoms with Gasteiger partial charge < -0.3 is 5.32 Å². The summed E-state index contributed by atoms with van der Waals surface area (Å²) in [5, 5.41) is 10.4. The van der Waals surface area contributed by atoms with Gasteiger partial charge in [0.25, 0.3) is 11.8 Å². The van der Waals surface area contributed by atoms with E-state index in [9.17, 15) is 19.2 Å². The van der Waals surface area contributed by atoms with Crippen LogP contribution in [0.2, 0.25) is 0 Å². The highest BCUT2D eigenvalue weighted by Gasteiger charge is 2.52. The van der Waals surface area contributed by atoms with Crippen LogP contribution in [0.3, 0.4) is 0 Å². The van der Waals surface area contributed by atoms with Crippen molar-refractivity contribution >= 4 is 29.3 Å². The van der Waals surface area contributed by atoms with E-state index in [1.54, 1.807) is 18.2 Å². The maximum atomic E-state index is 13.3. The van der Waals surface area contributed by atoms with Crippen LogP contribution in [0.25, 0.3) is 0 Å². The van der Waals surface area contributed by atoms with Gasteiger partial charge in [0, 0.05) is 30.4 Å². The minimum Gasteiger partial charge on any atom is -0.380 e. The fourth-order valence-corrected chi connectivity index (χ4v) is 7.92. The predicted octanol–water partition coefficient (Wildman–Crippen LogP) is 2.82. The van der Waals surface area contributed by atoms with Gasteiger partial charge in [-0.3, -0.25) is 34.1 Å². The molecular weight excluding hydrogens is 458 g/mol. The highest BCUT2D eigenvalue weighted by Crippen LogP contribution is 2.58. The van der Waals surface area contributed by atoms with Gasteiger partial charge in [-0.2, -0.15) is 5.10 Å². The fraction of sp³-hybridized carbons (Fsp3) is 0.519. The molecule has 36 heavy (non-hydrogen) atoms. The number of carbonyl (C=O) groups is 4. The first-order valence-corrected chi connectivity index (χ1v) is 13.0. The van der Waals surface area contributed by atoms with E-state index in [4.69, 9.17) is 5.10 Å². The van der Waals surface area contributed by atoms with Crippen molar-refractivity contribution in [3.63, 3.8) is 0 Å². The van der Waals surface area contributed by atoms with Crippen molar-refractivity contribution in [3.8, 4) is 0 Å². The minimum atomic E-state index is -0.971. The lowest BCUT2D eigenvalue weighted by Crippen LogP contribution is -2.54. The van der Waals surface area contributed by atoms with E-state index in [0.29, 0.717) is 12.2 Å². The van der Waals surface area contributed by atoms with Crippen molar-refractivity contribution in [2.24, 2.45) is 17.8 Å². The predicted molar refractivity (Wildman–Crippen MR) is 129 cm³/mol. The first kappa shape index (κ1) is 21.8. The van der Waals surface area contributed by atoms with Crippen LogP contribution in [0.1, 0.15) is 77.6 Å². The van der Waals surface area contributed by atoms with Crippen LogP contribution in [0, 0.1) is 17.8 Å². The van der Waals surface area contributed by atoms with E-state index in [0.717, 1.165) is 28.2 Å². The molecule has 0 radical (unpaired) electrons. The number of piperidine rings is 1. The molecule has 4 aliphatic carbocycles. The monoisotopic (exact) mass is 487 g/mol. The molecule has 1 unspecified atom stereocenters. The number of amides is 4. The summed E-state index contributed by atoms with van der Waals surface area (Å²) in [5.74, 6) is 0.524. The molecule has 9 heteroatoms. The highest BCUT2D eigenvalue weighted by atomic mass is 16.2. The van der Waals surface area contributed by atoms with Crippen LogP contribution in [-0.2, 0) is 21.7 Å². The number of anilines is 1. The number of carbonyl (C=O) groups excluding carboxylic acids is 4. The van der Waals surface area contributed by atoms with Crippen molar-refractivity contribution in [1.29, 1.82) is 0 Å². The molecule has 186 valence electrons. The number of hydrogen-bond donors (Lipinski definition) is 2. The van der Waals surface area contributed by atoms with Crippen molar-refractivity contribution < 1.29 is 19.2 Å². The van der Waals surface area contributed by atoms with E-state index in [2.05, 4.69) is 21.5 Å². The second-order valence-electron chi connectivity index (χ2n) is 11.5. The van der Waals surface area contributed by atoms with E-state index >= 15 is 0 Å². The van der Waals surface area contributed by atoms with E-state index in [1.165, 1.54) is 38.5 Å². The number of fused-ring (bicyclic) bond motifs is 1. The van der Waals surface area contributed by atoms with Gasteiger partial charge in [-0.25, -0.2) is 0 Å². The Morgan fingerprint density at radius 1 is 1.00 bits per heavy atom. The van der Waals surface area contributed by atoms with Gasteiger partial charge in [-0.05, 0) is 74.8 Å². The molecule has 5 fully saturated rings. The Labute approximate surface area is 208 Å². The Kier molecular flexibility index (Phi) is 4.69. The van der Waals surface area contributed by atoms with Gasteiger partial charge in [0.15, 0.2) is 0 Å². The highest BCUT2D eigenvalue weighted by molar-refractivity contribution is 6.25. The number of hydrogen-bond acceptors (Lipinski definition) is 6. The summed E-state index contributed by atoms with van der Waals surface area (Å²) in [7, 11) is 0. The van der Waals surface area contributed by atoms with Crippen molar-refractivity contribution in [1.82, 2.24) is 20.0 Å². The van der Waals surface area contributed by atoms with Crippen molar-refractivity contribution in [2.45, 2.75) is 69.5 Å². The average Bonchev–Trinajstić information content (AvgIpc) is 3.42. The Morgan fingerprint density at radius 3 is 2.42 bits per heavy atom. The fourth-order valence-electron chi connectivity index (χ4n) is 7.92. The zero-order chi connectivity index (χ0) is 24.6. The zero-order valence-corrected chi connectivity index (χ0v) is 20.0. The molecule has 1 aromatic heterocycles. The standard InChI is InChI=1S/C27H29N5O4/c33-22-5-4-21(24(34)30-22)32-25(35)19-2-1-3-20(23(19)26(32)36)28-12-18-13-29-31(14-18)27-9-15-6-16(10-27)8-17(7-15)11-27/h1-3,13-17,21,28H,4-12H2,(H,30,33,34). The Balaban J connectivity index is 1.10. The molecule has 8 rings (SSSR count). The summed E-state index contributed by atoms with van der Waals surface area (Å²) in [4.78, 5) is 51.3. The number of imide groups is 2.